The summed E-state index contributed by atoms with van der Waals surface area (Å²) < 4.78 is 19.0. The van der Waals surface area contributed by atoms with Crippen LogP contribution in [0.1, 0.15) is 18.4 Å². The van der Waals surface area contributed by atoms with Gasteiger partial charge >= 0.3 is 5.97 Å². The van der Waals surface area contributed by atoms with E-state index in [1.165, 1.54) is 12.1 Å². The van der Waals surface area contributed by atoms with Crippen LogP contribution in [0.5, 0.6) is 0 Å². The molecular weight excluding hydrogens is 357 g/mol. The molecule has 1 aliphatic rings. The van der Waals surface area contributed by atoms with E-state index in [1.807, 2.05) is 0 Å². The van der Waals surface area contributed by atoms with Crippen molar-refractivity contribution in [2.24, 2.45) is 5.92 Å². The minimum atomic E-state index is -1.08. The lowest BCUT2D eigenvalue weighted by Gasteiger charge is -2.28. The number of carbonyl (C=O) groups is 2. The van der Waals surface area contributed by atoms with Crippen molar-refractivity contribution in [1.29, 1.82) is 0 Å². The van der Waals surface area contributed by atoms with Gasteiger partial charge in [0.1, 0.15) is 11.9 Å². The number of aliphatic carboxylic acids is 1. The van der Waals surface area contributed by atoms with Crippen LogP contribution in [-0.2, 0) is 20.7 Å². The van der Waals surface area contributed by atoms with Gasteiger partial charge in [0.05, 0.1) is 17.5 Å². The molecule has 2 rings (SSSR count). The summed E-state index contributed by atoms with van der Waals surface area (Å²) in [6.07, 6.45) is 1.41. The van der Waals surface area contributed by atoms with Gasteiger partial charge in [0.2, 0.25) is 5.91 Å². The van der Waals surface area contributed by atoms with Crippen LogP contribution in [0.25, 0.3) is 0 Å². The molecule has 1 aliphatic heterocycles. The summed E-state index contributed by atoms with van der Waals surface area (Å²) in [6, 6.07) is 3.41. The van der Waals surface area contributed by atoms with Crippen LogP contribution in [0.4, 0.5) is 4.39 Å². The average molecular weight is 374 g/mol. The monoisotopic (exact) mass is 373 g/mol. The van der Waals surface area contributed by atoms with Gasteiger partial charge in [-0.3, -0.25) is 4.79 Å². The fraction of sp³-hybridized carbons (Fsp3) is 0.467. The Labute approximate surface area is 136 Å². The van der Waals surface area contributed by atoms with Crippen LogP contribution in [-0.4, -0.2) is 36.2 Å². The fourth-order valence-corrected chi connectivity index (χ4v) is 2.72. The van der Waals surface area contributed by atoms with Crippen LogP contribution < -0.4 is 5.32 Å². The van der Waals surface area contributed by atoms with Gasteiger partial charge in [0.15, 0.2) is 0 Å². The summed E-state index contributed by atoms with van der Waals surface area (Å²) in [5, 5.41) is 11.8. The second-order valence-corrected chi connectivity index (χ2v) is 6.14. The number of carboxylic acid groups (broad SMARTS) is 1. The number of hydrogen-bond donors (Lipinski definition) is 2. The number of halogens is 2. The first-order valence-electron chi connectivity index (χ1n) is 7.01. The van der Waals surface area contributed by atoms with Crippen LogP contribution in [0.2, 0.25) is 0 Å². The topological polar surface area (TPSA) is 75.6 Å². The Hall–Kier alpha value is -1.47. The minimum absolute atomic E-state index is 0.0679. The Kier molecular flexibility index (Phi) is 5.90. The number of nitrogens with one attached hydrogen (secondary N) is 1. The van der Waals surface area contributed by atoms with Gasteiger partial charge in [-0.05, 0) is 46.5 Å². The van der Waals surface area contributed by atoms with E-state index in [0.717, 1.165) is 6.42 Å². The summed E-state index contributed by atoms with van der Waals surface area (Å²) in [4.78, 5) is 23.4. The average Bonchev–Trinajstić information content (AvgIpc) is 2.49. The van der Waals surface area contributed by atoms with E-state index >= 15 is 0 Å². The lowest BCUT2D eigenvalue weighted by molar-refractivity contribution is -0.145. The maximum absolute atomic E-state index is 13.4. The highest BCUT2D eigenvalue weighted by molar-refractivity contribution is 9.10. The predicted molar refractivity (Wildman–Crippen MR) is 80.9 cm³/mol. The lowest BCUT2D eigenvalue weighted by Crippen LogP contribution is -2.48. The van der Waals surface area contributed by atoms with Crippen LogP contribution in [0.15, 0.2) is 22.7 Å². The first-order chi connectivity index (χ1) is 10.5. The molecule has 2 N–H and O–H groups in total. The first-order valence-corrected chi connectivity index (χ1v) is 7.80. The molecule has 0 aliphatic carbocycles. The van der Waals surface area contributed by atoms with Crippen molar-refractivity contribution in [3.63, 3.8) is 0 Å². The van der Waals surface area contributed by atoms with E-state index in [4.69, 9.17) is 4.74 Å². The zero-order chi connectivity index (χ0) is 16.1. The van der Waals surface area contributed by atoms with Gasteiger partial charge in [-0.25, -0.2) is 9.18 Å². The SMILES string of the molecule is O=C(Cc1ccc(Br)c(F)c1)NC(C(=O)O)C1CCCOC1. The molecule has 2 unspecified atom stereocenters. The number of rotatable bonds is 5. The number of carbonyl (C=O) groups excluding carboxylic acids is 1. The van der Waals surface area contributed by atoms with Crippen molar-refractivity contribution in [3.05, 3.63) is 34.1 Å². The lowest BCUT2D eigenvalue weighted by atomic mass is 9.93. The van der Waals surface area contributed by atoms with Crippen molar-refractivity contribution in [3.8, 4) is 0 Å². The molecule has 0 radical (unpaired) electrons. The Morgan fingerprint density at radius 3 is 2.86 bits per heavy atom. The summed E-state index contributed by atoms with van der Waals surface area (Å²) >= 11 is 3.04. The largest absolute Gasteiger partial charge is 0.480 e. The first kappa shape index (κ1) is 16.9. The van der Waals surface area contributed by atoms with Gasteiger partial charge in [-0.1, -0.05) is 6.07 Å². The third kappa shape index (κ3) is 4.51. The van der Waals surface area contributed by atoms with E-state index in [2.05, 4.69) is 21.2 Å². The molecule has 0 spiro atoms. The van der Waals surface area contributed by atoms with Crippen molar-refractivity contribution in [2.45, 2.75) is 25.3 Å². The van der Waals surface area contributed by atoms with Crippen LogP contribution in [0.3, 0.4) is 0 Å². The Bertz CT molecular complexity index is 560. The molecule has 0 aromatic heterocycles. The normalized spacial score (nSPS) is 19.5. The summed E-state index contributed by atoms with van der Waals surface area (Å²) in [6.45, 7) is 0.944. The quantitative estimate of drug-likeness (QED) is 0.828. The highest BCUT2D eigenvalue weighted by Gasteiger charge is 2.31. The van der Waals surface area contributed by atoms with Crippen molar-refractivity contribution in [2.75, 3.05) is 13.2 Å². The standard InChI is InChI=1S/C15H17BrFNO4/c16-11-4-3-9(6-12(11)17)7-13(19)18-14(15(20)21)10-2-1-5-22-8-10/h3-4,6,10,14H,1-2,5,7-8H2,(H,18,19)(H,20,21). The maximum Gasteiger partial charge on any atom is 0.326 e. The molecule has 22 heavy (non-hydrogen) atoms. The molecule has 1 saturated heterocycles. The third-order valence-electron chi connectivity index (χ3n) is 3.60. The highest BCUT2D eigenvalue weighted by atomic mass is 79.9. The van der Waals surface area contributed by atoms with E-state index in [0.29, 0.717) is 29.7 Å². The number of hydrogen-bond acceptors (Lipinski definition) is 3. The smallest absolute Gasteiger partial charge is 0.326 e. The van der Waals surface area contributed by atoms with Gasteiger partial charge in [-0.15, -0.1) is 0 Å². The van der Waals surface area contributed by atoms with E-state index < -0.39 is 23.7 Å². The van der Waals surface area contributed by atoms with E-state index in [-0.39, 0.29) is 12.3 Å². The minimum Gasteiger partial charge on any atom is -0.480 e. The molecule has 1 heterocycles. The maximum atomic E-state index is 13.4. The Balaban J connectivity index is 1.98. The fourth-order valence-electron chi connectivity index (χ4n) is 2.47. The number of ether oxygens (including phenoxy) is 1. The molecular formula is C15H17BrFNO4. The molecule has 0 bridgehead atoms. The Morgan fingerprint density at radius 2 is 2.27 bits per heavy atom. The van der Waals surface area contributed by atoms with Gasteiger partial charge in [0, 0.05) is 12.5 Å². The van der Waals surface area contributed by atoms with Crippen molar-refractivity contribution >= 4 is 27.8 Å². The second-order valence-electron chi connectivity index (χ2n) is 5.29. The van der Waals surface area contributed by atoms with Crippen molar-refractivity contribution < 1.29 is 23.8 Å². The van der Waals surface area contributed by atoms with Crippen molar-refractivity contribution in [1.82, 2.24) is 5.32 Å². The second kappa shape index (κ2) is 7.69. The molecule has 2 atom stereocenters. The number of benzene rings is 1. The van der Waals surface area contributed by atoms with Crippen LogP contribution >= 0.6 is 15.9 Å². The van der Waals surface area contributed by atoms with E-state index in [1.54, 1.807) is 6.07 Å². The number of carboxylic acids is 1. The van der Waals surface area contributed by atoms with Crippen LogP contribution in [0, 0.1) is 11.7 Å². The summed E-state index contributed by atoms with van der Waals surface area (Å²) in [7, 11) is 0. The predicted octanol–water partition coefficient (Wildman–Crippen LogP) is 2.13. The molecule has 1 fully saturated rings. The van der Waals surface area contributed by atoms with Gasteiger partial charge in [0.25, 0.3) is 0 Å². The van der Waals surface area contributed by atoms with E-state index in [9.17, 15) is 19.1 Å². The highest BCUT2D eigenvalue weighted by Crippen LogP contribution is 2.19. The zero-order valence-corrected chi connectivity index (χ0v) is 13.4. The summed E-state index contributed by atoms with van der Waals surface area (Å²) in [5.41, 5.74) is 0.488. The summed E-state index contributed by atoms with van der Waals surface area (Å²) in [5.74, 6) is -2.22. The molecule has 5 nitrogen and oxygen atoms in total. The Morgan fingerprint density at radius 1 is 1.50 bits per heavy atom. The molecule has 0 saturated carbocycles. The molecule has 1 amide bonds. The van der Waals surface area contributed by atoms with Gasteiger partial charge < -0.3 is 15.2 Å². The number of amides is 1. The molecule has 1 aromatic carbocycles. The molecule has 1 aromatic rings. The molecule has 7 heteroatoms. The molecule has 120 valence electrons. The zero-order valence-electron chi connectivity index (χ0n) is 11.9. The van der Waals surface area contributed by atoms with Gasteiger partial charge in [-0.2, -0.15) is 0 Å². The third-order valence-corrected chi connectivity index (χ3v) is 4.24.